The molecule has 0 spiro atoms. The summed E-state index contributed by atoms with van der Waals surface area (Å²) in [5, 5.41) is 11.5. The average molecular weight is 372 g/mol. The molecular formula is C20H18F2N2O3. The van der Waals surface area contributed by atoms with E-state index in [1.807, 2.05) is 6.92 Å². The third kappa shape index (κ3) is 5.28. The smallest absolute Gasteiger partial charge is 0.266 e. The molecular weight excluding hydrogens is 354 g/mol. The van der Waals surface area contributed by atoms with Gasteiger partial charge in [0.05, 0.1) is 19.4 Å². The van der Waals surface area contributed by atoms with Crippen LogP contribution in [0.4, 0.5) is 14.5 Å². The van der Waals surface area contributed by atoms with Gasteiger partial charge in [-0.3, -0.25) is 4.79 Å². The van der Waals surface area contributed by atoms with Crippen molar-refractivity contribution in [2.24, 2.45) is 0 Å². The zero-order chi connectivity index (χ0) is 19.8. The van der Waals surface area contributed by atoms with Crippen molar-refractivity contribution in [3.8, 4) is 17.6 Å². The number of carbonyl (C=O) groups is 1. The van der Waals surface area contributed by atoms with Gasteiger partial charge in [-0.1, -0.05) is 13.0 Å². The first-order chi connectivity index (χ1) is 13.0. The molecule has 1 amide bonds. The second-order valence-electron chi connectivity index (χ2n) is 5.51. The summed E-state index contributed by atoms with van der Waals surface area (Å²) in [6.07, 6.45) is 2.15. The number of hydrogen-bond donors (Lipinski definition) is 1. The Bertz CT molecular complexity index is 905. The van der Waals surface area contributed by atoms with Gasteiger partial charge < -0.3 is 14.8 Å². The molecule has 0 fully saturated rings. The first-order valence-corrected chi connectivity index (χ1v) is 8.17. The van der Waals surface area contributed by atoms with Gasteiger partial charge in [0.2, 0.25) is 0 Å². The average Bonchev–Trinajstić information content (AvgIpc) is 2.66. The number of amides is 1. The van der Waals surface area contributed by atoms with E-state index >= 15 is 0 Å². The molecule has 27 heavy (non-hydrogen) atoms. The lowest BCUT2D eigenvalue weighted by Crippen LogP contribution is -2.14. The van der Waals surface area contributed by atoms with Crippen molar-refractivity contribution >= 4 is 17.7 Å². The van der Waals surface area contributed by atoms with Crippen LogP contribution in [0.1, 0.15) is 18.9 Å². The van der Waals surface area contributed by atoms with Gasteiger partial charge in [-0.2, -0.15) is 5.26 Å². The normalized spacial score (nSPS) is 10.9. The van der Waals surface area contributed by atoms with Gasteiger partial charge in [-0.05, 0) is 42.3 Å². The standard InChI is InChI=1S/C20H18F2N2O3/c1-3-8-27-19-10-13(4-7-18(19)26-2)9-14(12-23)20(25)24-17-6-5-15(21)11-16(17)22/h4-7,9-11H,3,8H2,1-2H3,(H,24,25)/b14-9+. The molecule has 0 saturated carbocycles. The van der Waals surface area contributed by atoms with E-state index in [1.54, 1.807) is 24.3 Å². The Balaban J connectivity index is 2.26. The van der Waals surface area contributed by atoms with Gasteiger partial charge in [0.15, 0.2) is 11.5 Å². The largest absolute Gasteiger partial charge is 0.493 e. The zero-order valence-electron chi connectivity index (χ0n) is 14.9. The summed E-state index contributed by atoms with van der Waals surface area (Å²) in [6.45, 7) is 2.45. The highest BCUT2D eigenvalue weighted by Gasteiger charge is 2.13. The molecule has 0 unspecified atom stereocenters. The fourth-order valence-corrected chi connectivity index (χ4v) is 2.20. The number of rotatable bonds is 7. The van der Waals surface area contributed by atoms with Crippen molar-refractivity contribution in [1.29, 1.82) is 5.26 Å². The number of nitrogens with one attached hydrogen (secondary N) is 1. The maximum Gasteiger partial charge on any atom is 0.266 e. The Kier molecular flexibility index (Phi) is 6.89. The SMILES string of the molecule is CCCOc1cc(/C=C(\C#N)C(=O)Nc2ccc(F)cc2F)ccc1OC. The van der Waals surface area contributed by atoms with E-state index in [-0.39, 0.29) is 11.3 Å². The third-order valence-corrected chi connectivity index (χ3v) is 3.50. The molecule has 2 aromatic rings. The van der Waals surface area contributed by atoms with Crippen molar-refractivity contribution < 1.29 is 23.0 Å². The summed E-state index contributed by atoms with van der Waals surface area (Å²) >= 11 is 0. The molecule has 0 heterocycles. The number of hydrogen-bond acceptors (Lipinski definition) is 4. The molecule has 0 saturated heterocycles. The highest BCUT2D eigenvalue weighted by Crippen LogP contribution is 2.29. The minimum Gasteiger partial charge on any atom is -0.493 e. The predicted molar refractivity (Wildman–Crippen MR) is 97.4 cm³/mol. The molecule has 7 heteroatoms. The summed E-state index contributed by atoms with van der Waals surface area (Å²) in [6, 6.07) is 9.46. The quantitative estimate of drug-likeness (QED) is 0.581. The minimum atomic E-state index is -0.930. The second-order valence-corrected chi connectivity index (χ2v) is 5.51. The highest BCUT2D eigenvalue weighted by molar-refractivity contribution is 6.09. The zero-order valence-corrected chi connectivity index (χ0v) is 14.9. The van der Waals surface area contributed by atoms with Crippen LogP contribution >= 0.6 is 0 Å². The fourth-order valence-electron chi connectivity index (χ4n) is 2.20. The van der Waals surface area contributed by atoms with Crippen LogP contribution in [0.3, 0.4) is 0 Å². The van der Waals surface area contributed by atoms with E-state index in [4.69, 9.17) is 9.47 Å². The van der Waals surface area contributed by atoms with E-state index in [2.05, 4.69) is 5.32 Å². The first-order valence-electron chi connectivity index (χ1n) is 8.17. The summed E-state index contributed by atoms with van der Waals surface area (Å²) in [7, 11) is 1.51. The van der Waals surface area contributed by atoms with Crippen LogP contribution in [0.25, 0.3) is 6.08 Å². The molecule has 140 valence electrons. The topological polar surface area (TPSA) is 71.3 Å². The van der Waals surface area contributed by atoms with Gasteiger partial charge >= 0.3 is 0 Å². The molecule has 2 aromatic carbocycles. The maximum atomic E-state index is 13.7. The molecule has 0 bridgehead atoms. The predicted octanol–water partition coefficient (Wildman–Crippen LogP) is 4.31. The Hall–Kier alpha value is -3.40. The van der Waals surface area contributed by atoms with Crippen LogP contribution in [0.15, 0.2) is 42.0 Å². The van der Waals surface area contributed by atoms with Gasteiger partial charge in [0, 0.05) is 6.07 Å². The summed E-state index contributed by atoms with van der Waals surface area (Å²) < 4.78 is 37.4. The van der Waals surface area contributed by atoms with E-state index in [9.17, 15) is 18.8 Å². The number of halogens is 2. The summed E-state index contributed by atoms with van der Waals surface area (Å²) in [5.41, 5.74) is 0.0720. The van der Waals surface area contributed by atoms with Crippen molar-refractivity contribution in [1.82, 2.24) is 0 Å². The van der Waals surface area contributed by atoms with E-state index in [0.717, 1.165) is 18.6 Å². The lowest BCUT2D eigenvalue weighted by molar-refractivity contribution is -0.112. The van der Waals surface area contributed by atoms with Gasteiger partial charge in [0.25, 0.3) is 5.91 Å². The van der Waals surface area contributed by atoms with Crippen LogP contribution in [0.5, 0.6) is 11.5 Å². The number of methoxy groups -OCH3 is 1. The van der Waals surface area contributed by atoms with Crippen molar-refractivity contribution in [3.63, 3.8) is 0 Å². The molecule has 0 radical (unpaired) electrons. The Labute approximate surface area is 155 Å². The lowest BCUT2D eigenvalue weighted by atomic mass is 10.1. The van der Waals surface area contributed by atoms with Crippen molar-refractivity contribution in [2.45, 2.75) is 13.3 Å². The Morgan fingerprint density at radius 1 is 1.22 bits per heavy atom. The maximum absolute atomic E-state index is 13.7. The number of ether oxygens (including phenoxy) is 2. The highest BCUT2D eigenvalue weighted by atomic mass is 19.1. The number of nitriles is 1. The fraction of sp³-hybridized carbons (Fsp3) is 0.200. The molecule has 5 nitrogen and oxygen atoms in total. The van der Waals surface area contributed by atoms with E-state index < -0.39 is 17.5 Å². The molecule has 0 atom stereocenters. The van der Waals surface area contributed by atoms with Crippen molar-refractivity contribution in [3.05, 3.63) is 59.2 Å². The van der Waals surface area contributed by atoms with Crippen LogP contribution in [0.2, 0.25) is 0 Å². The first kappa shape index (κ1) is 19.9. The monoisotopic (exact) mass is 372 g/mol. The molecule has 1 N–H and O–H groups in total. The van der Waals surface area contributed by atoms with Crippen molar-refractivity contribution in [2.75, 3.05) is 19.0 Å². The molecule has 0 aliphatic rings. The van der Waals surface area contributed by atoms with Crippen LogP contribution in [-0.4, -0.2) is 19.6 Å². The minimum absolute atomic E-state index is 0.218. The number of benzene rings is 2. The van der Waals surface area contributed by atoms with Crippen LogP contribution in [-0.2, 0) is 4.79 Å². The molecule has 2 rings (SSSR count). The van der Waals surface area contributed by atoms with Gasteiger partial charge in [-0.25, -0.2) is 8.78 Å². The summed E-state index contributed by atoms with van der Waals surface area (Å²) in [4.78, 5) is 12.2. The Morgan fingerprint density at radius 3 is 2.63 bits per heavy atom. The summed E-state index contributed by atoms with van der Waals surface area (Å²) in [5.74, 6) is -1.50. The third-order valence-electron chi connectivity index (χ3n) is 3.50. The molecule has 0 aliphatic heterocycles. The van der Waals surface area contributed by atoms with Crippen LogP contribution in [0, 0.1) is 23.0 Å². The second kappa shape index (κ2) is 9.34. The van der Waals surface area contributed by atoms with E-state index in [0.29, 0.717) is 29.7 Å². The molecule has 0 aliphatic carbocycles. The van der Waals surface area contributed by atoms with E-state index in [1.165, 1.54) is 13.2 Å². The number of anilines is 1. The van der Waals surface area contributed by atoms with Gasteiger partial charge in [0.1, 0.15) is 23.3 Å². The van der Waals surface area contributed by atoms with Crippen LogP contribution < -0.4 is 14.8 Å². The molecule has 0 aromatic heterocycles. The number of nitrogens with zero attached hydrogens (tertiary/aromatic N) is 1. The van der Waals surface area contributed by atoms with Gasteiger partial charge in [-0.15, -0.1) is 0 Å². The lowest BCUT2D eigenvalue weighted by Gasteiger charge is -2.11. The Morgan fingerprint density at radius 2 is 2.00 bits per heavy atom. The number of carbonyl (C=O) groups excluding carboxylic acids is 1.